The molecule has 3 atom stereocenters. The van der Waals surface area contributed by atoms with Crippen LogP contribution >= 0.6 is 11.8 Å². The van der Waals surface area contributed by atoms with Crippen LogP contribution in [0.1, 0.15) is 52.1 Å². The number of aromatic nitrogens is 1. The molecule has 0 radical (unpaired) electrons. The predicted molar refractivity (Wildman–Crippen MR) is 125 cm³/mol. The van der Waals surface area contributed by atoms with Crippen LogP contribution in [0, 0.1) is 0 Å². The Hall–Kier alpha value is -0.700. The number of rotatable bonds is 14. The first-order valence-electron chi connectivity index (χ1n) is 11.3. The molecular formula is C23H42N2O4S. The molecule has 0 aliphatic carbocycles. The third-order valence-electron chi connectivity index (χ3n) is 4.74. The fraction of sp³-hybridized carbons (Fsp3) is 0.783. The van der Waals surface area contributed by atoms with Crippen LogP contribution in [0.5, 0.6) is 0 Å². The SMILES string of the molecule is CCCOCC(O)CN1CCCC1C.CCCOCC(O)CSCc1ccccn1. The maximum absolute atomic E-state index is 9.69. The largest absolute Gasteiger partial charge is 0.390 e. The average molecular weight is 443 g/mol. The Morgan fingerprint density at radius 1 is 1.13 bits per heavy atom. The second-order valence-electron chi connectivity index (χ2n) is 7.78. The molecule has 30 heavy (non-hydrogen) atoms. The molecule has 6 nitrogen and oxygen atoms in total. The standard InChI is InChI=1S/C12H19NO2S.C11H23NO2/c1-2-7-15-8-12(14)10-16-9-11-5-3-4-6-13-11;1-3-7-14-9-11(13)8-12-6-4-5-10(12)2/h3-6,12,14H,2,7-10H2,1H3;10-11,13H,3-9H2,1-2H3. The van der Waals surface area contributed by atoms with Gasteiger partial charge in [-0.05, 0) is 51.3 Å². The molecular weight excluding hydrogens is 400 g/mol. The minimum Gasteiger partial charge on any atom is -0.390 e. The summed E-state index contributed by atoms with van der Waals surface area (Å²) in [6, 6.07) is 6.51. The quantitative estimate of drug-likeness (QED) is 0.428. The summed E-state index contributed by atoms with van der Waals surface area (Å²) < 4.78 is 10.6. The van der Waals surface area contributed by atoms with E-state index < -0.39 is 0 Å². The van der Waals surface area contributed by atoms with E-state index in [2.05, 4.69) is 30.7 Å². The molecule has 1 saturated heterocycles. The van der Waals surface area contributed by atoms with Gasteiger partial charge >= 0.3 is 0 Å². The average Bonchev–Trinajstić information content (AvgIpc) is 3.14. The summed E-state index contributed by atoms with van der Waals surface area (Å²) >= 11 is 1.68. The summed E-state index contributed by atoms with van der Waals surface area (Å²) in [6.45, 7) is 10.7. The minimum absolute atomic E-state index is 0.318. The molecule has 1 aliphatic heterocycles. The van der Waals surface area contributed by atoms with Crippen molar-refractivity contribution in [2.75, 3.05) is 45.3 Å². The van der Waals surface area contributed by atoms with Crippen molar-refractivity contribution in [2.45, 2.75) is 70.5 Å². The van der Waals surface area contributed by atoms with Crippen molar-refractivity contribution in [3.63, 3.8) is 0 Å². The summed E-state index contributed by atoms with van der Waals surface area (Å²) in [5, 5.41) is 19.3. The molecule has 2 rings (SSSR count). The van der Waals surface area contributed by atoms with Crippen molar-refractivity contribution in [3.05, 3.63) is 30.1 Å². The Labute approximate surface area is 187 Å². The topological polar surface area (TPSA) is 75.1 Å². The highest BCUT2D eigenvalue weighted by Crippen LogP contribution is 2.16. The highest BCUT2D eigenvalue weighted by atomic mass is 32.2. The van der Waals surface area contributed by atoms with E-state index in [0.29, 0.717) is 25.0 Å². The van der Waals surface area contributed by atoms with Gasteiger partial charge in [0, 0.05) is 43.5 Å². The summed E-state index contributed by atoms with van der Waals surface area (Å²) in [6.07, 6.45) is 5.64. The van der Waals surface area contributed by atoms with Gasteiger partial charge in [0.25, 0.3) is 0 Å². The Morgan fingerprint density at radius 2 is 1.83 bits per heavy atom. The van der Waals surface area contributed by atoms with E-state index in [9.17, 15) is 10.2 Å². The van der Waals surface area contributed by atoms with Gasteiger partial charge < -0.3 is 19.7 Å². The van der Waals surface area contributed by atoms with Gasteiger partial charge in [0.1, 0.15) is 0 Å². The van der Waals surface area contributed by atoms with E-state index in [1.807, 2.05) is 18.2 Å². The molecule has 1 aromatic heterocycles. The first-order chi connectivity index (χ1) is 14.6. The summed E-state index contributed by atoms with van der Waals surface area (Å²) in [7, 11) is 0. The zero-order valence-electron chi connectivity index (χ0n) is 19.0. The smallest absolute Gasteiger partial charge is 0.0900 e. The lowest BCUT2D eigenvalue weighted by molar-refractivity contribution is 0.0158. The van der Waals surface area contributed by atoms with Crippen LogP contribution in [0.4, 0.5) is 0 Å². The van der Waals surface area contributed by atoms with Crippen LogP contribution in [0.3, 0.4) is 0 Å². The third kappa shape index (κ3) is 13.6. The first kappa shape index (κ1) is 27.3. The number of hydrogen-bond donors (Lipinski definition) is 2. The molecule has 0 bridgehead atoms. The zero-order chi connectivity index (χ0) is 22.0. The number of nitrogens with zero attached hydrogens (tertiary/aromatic N) is 2. The fourth-order valence-corrected chi connectivity index (χ4v) is 4.01. The Bertz CT molecular complexity index is 509. The fourth-order valence-electron chi connectivity index (χ4n) is 3.15. The zero-order valence-corrected chi connectivity index (χ0v) is 19.9. The molecule has 3 unspecified atom stereocenters. The van der Waals surface area contributed by atoms with E-state index in [1.54, 1.807) is 18.0 Å². The number of thioether (sulfide) groups is 1. The third-order valence-corrected chi connectivity index (χ3v) is 5.86. The lowest BCUT2D eigenvalue weighted by Gasteiger charge is -2.23. The summed E-state index contributed by atoms with van der Waals surface area (Å²) in [5.74, 6) is 1.53. The molecule has 1 aliphatic rings. The van der Waals surface area contributed by atoms with Crippen molar-refractivity contribution in [1.29, 1.82) is 0 Å². The lowest BCUT2D eigenvalue weighted by atomic mass is 10.2. The highest BCUT2D eigenvalue weighted by Gasteiger charge is 2.22. The molecule has 7 heteroatoms. The molecule has 1 aromatic rings. The second-order valence-corrected chi connectivity index (χ2v) is 8.81. The Kier molecular flexibility index (Phi) is 16.3. The van der Waals surface area contributed by atoms with Gasteiger partial charge in [0.15, 0.2) is 0 Å². The number of ether oxygens (including phenoxy) is 2. The van der Waals surface area contributed by atoms with E-state index in [1.165, 1.54) is 12.8 Å². The minimum atomic E-state index is -0.375. The van der Waals surface area contributed by atoms with E-state index >= 15 is 0 Å². The number of pyridine rings is 1. The predicted octanol–water partition coefficient (Wildman–Crippen LogP) is 3.36. The molecule has 0 amide bonds. The summed E-state index contributed by atoms with van der Waals surface area (Å²) in [5.41, 5.74) is 1.05. The molecule has 0 spiro atoms. The second kappa shape index (κ2) is 17.9. The molecule has 2 N–H and O–H groups in total. The van der Waals surface area contributed by atoms with Crippen molar-refractivity contribution >= 4 is 11.8 Å². The van der Waals surface area contributed by atoms with Gasteiger partial charge in [0.05, 0.1) is 31.1 Å². The van der Waals surface area contributed by atoms with Crippen molar-refractivity contribution in [3.8, 4) is 0 Å². The van der Waals surface area contributed by atoms with E-state index in [-0.39, 0.29) is 12.2 Å². The van der Waals surface area contributed by atoms with Gasteiger partial charge in [-0.3, -0.25) is 9.88 Å². The summed E-state index contributed by atoms with van der Waals surface area (Å²) in [4.78, 5) is 6.56. The van der Waals surface area contributed by atoms with Crippen molar-refractivity contribution < 1.29 is 19.7 Å². The lowest BCUT2D eigenvalue weighted by Crippen LogP contribution is -2.36. The number of hydrogen-bond acceptors (Lipinski definition) is 7. The Balaban J connectivity index is 0.000000303. The van der Waals surface area contributed by atoms with Gasteiger partial charge in [-0.2, -0.15) is 11.8 Å². The molecule has 0 aromatic carbocycles. The van der Waals surface area contributed by atoms with Crippen LogP contribution in [-0.4, -0.2) is 83.6 Å². The number of β-amino-alcohol motifs (C(OH)–C–C–N with tert-alkyl or cyclic N) is 1. The monoisotopic (exact) mass is 442 g/mol. The van der Waals surface area contributed by atoms with Crippen LogP contribution in [0.25, 0.3) is 0 Å². The molecule has 1 fully saturated rings. The van der Waals surface area contributed by atoms with Gasteiger partial charge in [-0.25, -0.2) is 0 Å². The maximum Gasteiger partial charge on any atom is 0.0900 e. The van der Waals surface area contributed by atoms with Crippen LogP contribution in [0.2, 0.25) is 0 Å². The molecule has 0 saturated carbocycles. The molecule has 2 heterocycles. The normalized spacial score (nSPS) is 18.6. The first-order valence-corrected chi connectivity index (χ1v) is 12.5. The van der Waals surface area contributed by atoms with Gasteiger partial charge in [-0.1, -0.05) is 19.9 Å². The van der Waals surface area contributed by atoms with Crippen LogP contribution in [0.15, 0.2) is 24.4 Å². The maximum atomic E-state index is 9.69. The highest BCUT2D eigenvalue weighted by molar-refractivity contribution is 7.98. The number of likely N-dealkylation sites (tertiary alicyclic amines) is 1. The van der Waals surface area contributed by atoms with Crippen LogP contribution < -0.4 is 0 Å². The van der Waals surface area contributed by atoms with Gasteiger partial charge in [-0.15, -0.1) is 0 Å². The number of aliphatic hydroxyl groups excluding tert-OH is 2. The molecule has 174 valence electrons. The van der Waals surface area contributed by atoms with Crippen molar-refractivity contribution in [1.82, 2.24) is 9.88 Å². The van der Waals surface area contributed by atoms with Crippen LogP contribution in [-0.2, 0) is 15.2 Å². The van der Waals surface area contributed by atoms with E-state index in [4.69, 9.17) is 9.47 Å². The Morgan fingerprint density at radius 3 is 2.40 bits per heavy atom. The number of aliphatic hydroxyl groups is 2. The van der Waals surface area contributed by atoms with Gasteiger partial charge in [0.2, 0.25) is 0 Å². The van der Waals surface area contributed by atoms with E-state index in [0.717, 1.165) is 50.6 Å². The van der Waals surface area contributed by atoms with Crippen molar-refractivity contribution in [2.24, 2.45) is 0 Å².